The number of nitrogens with zero attached hydrogens (tertiary/aromatic N) is 4. The fraction of sp³-hybridized carbons (Fsp3) is 0.409. The highest BCUT2D eigenvalue weighted by atomic mass is 19.4. The molecule has 0 aliphatic carbocycles. The van der Waals surface area contributed by atoms with E-state index in [-0.39, 0.29) is 24.0 Å². The summed E-state index contributed by atoms with van der Waals surface area (Å²) in [5, 5.41) is 13.4. The Kier molecular flexibility index (Phi) is 8.03. The van der Waals surface area contributed by atoms with Crippen molar-refractivity contribution in [2.45, 2.75) is 31.5 Å². The van der Waals surface area contributed by atoms with Gasteiger partial charge in [-0.15, -0.1) is 0 Å². The SMILES string of the molecule is CN/C=C(\C(=N)C(=O)N1CC(F)(F)C[C@@H](C)[C@H]1CNc1ncc(C(F)(F)F)cc1F)c1ncc(F)cn1. The molecule has 1 saturated heterocycles. The fourth-order valence-corrected chi connectivity index (χ4v) is 3.91. The number of halogens is 7. The molecule has 2 atom stereocenters. The molecule has 37 heavy (non-hydrogen) atoms. The van der Waals surface area contributed by atoms with E-state index >= 15 is 0 Å². The van der Waals surface area contributed by atoms with Crippen LogP contribution in [0.1, 0.15) is 24.7 Å². The molecular formula is C22H22F7N7O. The molecular weight excluding hydrogens is 511 g/mol. The standard InChI is InChI=1S/C22H22F7N7O/c1-11-4-21(25,26)10-36(16(11)9-35-19-15(24)3-12(5-32-19)22(27,28)29)20(37)17(30)14(8-31-2)18-33-6-13(23)7-34-18/h3,5-8,11,16,30-31H,4,9-10H2,1-2H3,(H,32,35)/b14-8+,30-17?/t11-,16-/m1/s1. The highest BCUT2D eigenvalue weighted by Gasteiger charge is 2.47. The Labute approximate surface area is 206 Å². The van der Waals surface area contributed by atoms with Crippen LogP contribution in [0.5, 0.6) is 0 Å². The number of anilines is 1. The fourth-order valence-electron chi connectivity index (χ4n) is 3.91. The van der Waals surface area contributed by atoms with E-state index in [4.69, 9.17) is 5.41 Å². The van der Waals surface area contributed by atoms with Crippen molar-refractivity contribution >= 4 is 23.0 Å². The number of hydrogen-bond donors (Lipinski definition) is 3. The zero-order chi connectivity index (χ0) is 27.5. The van der Waals surface area contributed by atoms with E-state index < -0.39 is 71.7 Å². The highest BCUT2D eigenvalue weighted by Crippen LogP contribution is 2.35. The summed E-state index contributed by atoms with van der Waals surface area (Å²) < 4.78 is 94.7. The van der Waals surface area contributed by atoms with Gasteiger partial charge in [0.15, 0.2) is 23.3 Å². The van der Waals surface area contributed by atoms with E-state index in [1.165, 1.54) is 20.2 Å². The maximum absolute atomic E-state index is 14.4. The molecule has 1 aliphatic heterocycles. The Morgan fingerprint density at radius 3 is 2.43 bits per heavy atom. The summed E-state index contributed by atoms with van der Waals surface area (Å²) in [4.78, 5) is 24.9. The number of aromatic nitrogens is 3. The van der Waals surface area contributed by atoms with Crippen LogP contribution in [0, 0.1) is 23.0 Å². The van der Waals surface area contributed by atoms with Gasteiger partial charge in [-0.1, -0.05) is 6.92 Å². The van der Waals surface area contributed by atoms with E-state index in [2.05, 4.69) is 25.6 Å². The Morgan fingerprint density at radius 1 is 1.22 bits per heavy atom. The molecule has 3 rings (SSSR count). The van der Waals surface area contributed by atoms with Crippen LogP contribution in [0.25, 0.3) is 5.57 Å². The first kappa shape index (κ1) is 27.8. The molecule has 1 aliphatic rings. The number of carbonyl (C=O) groups is 1. The molecule has 0 saturated carbocycles. The molecule has 15 heteroatoms. The Balaban J connectivity index is 1.87. The van der Waals surface area contributed by atoms with E-state index in [0.29, 0.717) is 6.20 Å². The molecule has 200 valence electrons. The van der Waals surface area contributed by atoms with E-state index in [1.807, 2.05) is 0 Å². The van der Waals surface area contributed by atoms with Crippen molar-refractivity contribution in [3.05, 3.63) is 53.9 Å². The summed E-state index contributed by atoms with van der Waals surface area (Å²) in [6.07, 6.45) is -2.24. The molecule has 0 radical (unpaired) electrons. The smallest absolute Gasteiger partial charge is 0.393 e. The van der Waals surface area contributed by atoms with E-state index in [0.717, 1.165) is 17.3 Å². The van der Waals surface area contributed by atoms with Gasteiger partial charge >= 0.3 is 6.18 Å². The summed E-state index contributed by atoms with van der Waals surface area (Å²) >= 11 is 0. The lowest BCUT2D eigenvalue weighted by molar-refractivity contribution is -0.145. The zero-order valence-corrected chi connectivity index (χ0v) is 19.5. The van der Waals surface area contributed by atoms with Gasteiger partial charge in [-0.3, -0.25) is 10.2 Å². The second-order valence-corrected chi connectivity index (χ2v) is 8.42. The van der Waals surface area contributed by atoms with Crippen LogP contribution in [-0.4, -0.2) is 63.6 Å². The molecule has 1 fully saturated rings. The second-order valence-electron chi connectivity index (χ2n) is 8.42. The third-order valence-electron chi connectivity index (χ3n) is 5.62. The van der Waals surface area contributed by atoms with Crippen molar-refractivity contribution in [2.24, 2.45) is 5.92 Å². The van der Waals surface area contributed by atoms with Gasteiger partial charge in [-0.2, -0.15) is 13.2 Å². The summed E-state index contributed by atoms with van der Waals surface area (Å²) in [6, 6.07) is -0.773. The van der Waals surface area contributed by atoms with E-state index in [1.54, 1.807) is 0 Å². The predicted octanol–water partition coefficient (Wildman–Crippen LogP) is 3.73. The molecule has 1 amide bonds. The molecule has 2 aromatic rings. The lowest BCUT2D eigenvalue weighted by Gasteiger charge is -2.43. The van der Waals surface area contributed by atoms with Crippen LogP contribution in [-0.2, 0) is 11.0 Å². The van der Waals surface area contributed by atoms with Gasteiger partial charge in [0.2, 0.25) is 0 Å². The number of piperidine rings is 1. The lowest BCUT2D eigenvalue weighted by atomic mass is 9.87. The van der Waals surface area contributed by atoms with Crippen molar-refractivity contribution in [3.8, 4) is 0 Å². The molecule has 0 unspecified atom stereocenters. The van der Waals surface area contributed by atoms with Crippen molar-refractivity contribution in [2.75, 3.05) is 25.5 Å². The number of rotatable bonds is 7. The minimum absolute atomic E-state index is 0.198. The third-order valence-corrected chi connectivity index (χ3v) is 5.62. The Bertz CT molecular complexity index is 1180. The van der Waals surface area contributed by atoms with Crippen LogP contribution in [0.4, 0.5) is 36.6 Å². The number of nitrogens with one attached hydrogen (secondary N) is 3. The van der Waals surface area contributed by atoms with Crippen molar-refractivity contribution in [3.63, 3.8) is 0 Å². The molecule has 0 bridgehead atoms. The number of hydrogen-bond acceptors (Lipinski definition) is 7. The first-order valence-corrected chi connectivity index (χ1v) is 10.8. The van der Waals surface area contributed by atoms with Gasteiger partial charge in [-0.25, -0.2) is 32.5 Å². The van der Waals surface area contributed by atoms with Gasteiger partial charge in [0.1, 0.15) is 5.71 Å². The van der Waals surface area contributed by atoms with Crippen molar-refractivity contribution in [1.82, 2.24) is 25.2 Å². The molecule has 3 N–H and O–H groups in total. The van der Waals surface area contributed by atoms with Crippen molar-refractivity contribution in [1.29, 1.82) is 5.41 Å². The highest BCUT2D eigenvalue weighted by molar-refractivity contribution is 6.54. The molecule has 3 heterocycles. The lowest BCUT2D eigenvalue weighted by Crippen LogP contribution is -2.59. The topological polar surface area (TPSA) is 107 Å². The maximum atomic E-state index is 14.4. The molecule has 8 nitrogen and oxygen atoms in total. The van der Waals surface area contributed by atoms with Gasteiger partial charge in [0.05, 0.1) is 36.1 Å². The van der Waals surface area contributed by atoms with Gasteiger partial charge in [-0.05, 0) is 12.0 Å². The largest absolute Gasteiger partial charge is 0.417 e. The quantitative estimate of drug-likeness (QED) is 0.370. The normalized spacial score (nSPS) is 19.9. The second kappa shape index (κ2) is 10.7. The van der Waals surface area contributed by atoms with E-state index in [9.17, 15) is 35.5 Å². The maximum Gasteiger partial charge on any atom is 0.417 e. The minimum Gasteiger partial charge on any atom is -0.393 e. The summed E-state index contributed by atoms with van der Waals surface area (Å²) in [5.74, 6) is -8.15. The summed E-state index contributed by atoms with van der Waals surface area (Å²) in [6.45, 7) is 0.0158. The van der Waals surface area contributed by atoms with Crippen LogP contribution < -0.4 is 10.6 Å². The van der Waals surface area contributed by atoms with Crippen LogP contribution in [0.2, 0.25) is 0 Å². The number of carbonyl (C=O) groups excluding carboxylic acids is 1. The number of amides is 1. The summed E-state index contributed by atoms with van der Waals surface area (Å²) in [5.41, 5.74) is -2.27. The predicted molar refractivity (Wildman–Crippen MR) is 119 cm³/mol. The van der Waals surface area contributed by atoms with Crippen molar-refractivity contribution < 1.29 is 35.5 Å². The Morgan fingerprint density at radius 2 is 1.86 bits per heavy atom. The third kappa shape index (κ3) is 6.51. The van der Waals surface area contributed by atoms with Crippen LogP contribution >= 0.6 is 0 Å². The molecule has 0 aromatic carbocycles. The monoisotopic (exact) mass is 533 g/mol. The molecule has 0 spiro atoms. The van der Waals surface area contributed by atoms with Gasteiger partial charge < -0.3 is 15.5 Å². The first-order chi connectivity index (χ1) is 17.2. The average Bonchev–Trinajstić information content (AvgIpc) is 2.81. The van der Waals surface area contributed by atoms with Gasteiger partial charge in [0, 0.05) is 32.4 Å². The minimum atomic E-state index is -4.81. The number of likely N-dealkylation sites (tertiary alicyclic amines) is 1. The van der Waals surface area contributed by atoms with Crippen LogP contribution in [0.3, 0.4) is 0 Å². The zero-order valence-electron chi connectivity index (χ0n) is 19.5. The Hall–Kier alpha value is -3.78. The molecule has 2 aromatic heterocycles. The average molecular weight is 533 g/mol. The number of alkyl halides is 5. The summed E-state index contributed by atoms with van der Waals surface area (Å²) in [7, 11) is 1.44. The first-order valence-electron chi connectivity index (χ1n) is 10.8. The number of pyridine rings is 1. The van der Waals surface area contributed by atoms with Crippen LogP contribution in [0.15, 0.2) is 30.9 Å². The van der Waals surface area contributed by atoms with Gasteiger partial charge in [0.25, 0.3) is 11.8 Å².